The minimum Gasteiger partial charge on any atom is -0.497 e. The summed E-state index contributed by atoms with van der Waals surface area (Å²) in [6, 6.07) is 6.61. The Balaban J connectivity index is 2.28. The normalized spacial score (nSPS) is 17.1. The van der Waals surface area contributed by atoms with E-state index in [4.69, 9.17) is 4.74 Å². The Labute approximate surface area is 90.0 Å². The maximum absolute atomic E-state index is 12.0. The van der Waals surface area contributed by atoms with Crippen molar-refractivity contribution in [3.63, 3.8) is 0 Å². The average Bonchev–Trinajstić information content (AvgIpc) is 2.14. The molecule has 15 heavy (non-hydrogen) atoms. The van der Waals surface area contributed by atoms with Crippen LogP contribution < -0.4 is 4.74 Å². The van der Waals surface area contributed by atoms with Crippen molar-refractivity contribution in [2.45, 2.75) is 29.4 Å². The van der Waals surface area contributed by atoms with E-state index in [0.717, 1.165) is 19.3 Å². The van der Waals surface area contributed by atoms with E-state index >= 15 is 0 Å². The standard InChI is InChI=1S/C11H14O3S/c1-14-9-5-7-11(8-6-9)15(12,13)10-3-2-4-10/h5-8,10H,2-4H2,1H3. The third-order valence-corrected chi connectivity index (χ3v) is 5.16. The van der Waals surface area contributed by atoms with Gasteiger partial charge in [-0.3, -0.25) is 0 Å². The first kappa shape index (κ1) is 10.5. The molecular formula is C11H14O3S. The molecule has 0 aliphatic heterocycles. The van der Waals surface area contributed by atoms with Crippen LogP contribution in [0.25, 0.3) is 0 Å². The van der Waals surface area contributed by atoms with Gasteiger partial charge in [-0.1, -0.05) is 6.42 Å². The fourth-order valence-corrected chi connectivity index (χ4v) is 3.49. The zero-order chi connectivity index (χ0) is 10.9. The molecule has 0 heterocycles. The number of hydrogen-bond acceptors (Lipinski definition) is 3. The fourth-order valence-electron chi connectivity index (χ4n) is 1.64. The Morgan fingerprint density at radius 2 is 1.80 bits per heavy atom. The Bertz CT molecular complexity index is 429. The summed E-state index contributed by atoms with van der Waals surface area (Å²) >= 11 is 0. The molecule has 0 radical (unpaired) electrons. The van der Waals surface area contributed by atoms with Crippen molar-refractivity contribution >= 4 is 9.84 Å². The minimum atomic E-state index is -3.08. The maximum atomic E-state index is 12.0. The lowest BCUT2D eigenvalue weighted by atomic mass is 10.00. The van der Waals surface area contributed by atoms with Crippen LogP contribution in [-0.4, -0.2) is 20.8 Å². The molecule has 0 aromatic heterocycles. The van der Waals surface area contributed by atoms with Crippen molar-refractivity contribution in [2.24, 2.45) is 0 Å². The lowest BCUT2D eigenvalue weighted by Crippen LogP contribution is -2.28. The minimum absolute atomic E-state index is 0.161. The zero-order valence-electron chi connectivity index (χ0n) is 8.64. The van der Waals surface area contributed by atoms with Gasteiger partial charge in [0.25, 0.3) is 0 Å². The molecule has 82 valence electrons. The Hall–Kier alpha value is -1.03. The summed E-state index contributed by atoms with van der Waals surface area (Å²) in [5, 5.41) is -0.161. The summed E-state index contributed by atoms with van der Waals surface area (Å²) in [5.74, 6) is 0.683. The first-order valence-electron chi connectivity index (χ1n) is 5.02. The topological polar surface area (TPSA) is 43.4 Å². The van der Waals surface area contributed by atoms with Crippen LogP contribution in [0.15, 0.2) is 29.2 Å². The highest BCUT2D eigenvalue weighted by molar-refractivity contribution is 7.92. The molecule has 2 rings (SSSR count). The van der Waals surface area contributed by atoms with Gasteiger partial charge < -0.3 is 4.74 Å². The smallest absolute Gasteiger partial charge is 0.181 e. The molecule has 1 aromatic rings. The van der Waals surface area contributed by atoms with Gasteiger partial charge in [-0.15, -0.1) is 0 Å². The molecule has 0 bridgehead atoms. The largest absolute Gasteiger partial charge is 0.497 e. The Morgan fingerprint density at radius 3 is 2.20 bits per heavy atom. The van der Waals surface area contributed by atoms with Crippen LogP contribution in [0, 0.1) is 0 Å². The molecule has 1 fully saturated rings. The van der Waals surface area contributed by atoms with Gasteiger partial charge in [-0.2, -0.15) is 0 Å². The van der Waals surface area contributed by atoms with E-state index in [2.05, 4.69) is 0 Å². The van der Waals surface area contributed by atoms with Crippen LogP contribution in [0.1, 0.15) is 19.3 Å². The fraction of sp³-hybridized carbons (Fsp3) is 0.455. The quantitative estimate of drug-likeness (QED) is 0.792. The van der Waals surface area contributed by atoms with Crippen LogP contribution in [0.4, 0.5) is 0 Å². The van der Waals surface area contributed by atoms with Gasteiger partial charge in [-0.25, -0.2) is 8.42 Å². The van der Waals surface area contributed by atoms with E-state index < -0.39 is 9.84 Å². The lowest BCUT2D eigenvalue weighted by molar-refractivity contribution is 0.414. The van der Waals surface area contributed by atoms with Crippen LogP contribution in [0.5, 0.6) is 5.75 Å². The first-order chi connectivity index (χ1) is 7.14. The van der Waals surface area contributed by atoms with Gasteiger partial charge in [0.1, 0.15) is 5.75 Å². The van der Waals surface area contributed by atoms with Crippen molar-refractivity contribution < 1.29 is 13.2 Å². The predicted molar refractivity (Wildman–Crippen MR) is 57.8 cm³/mol. The maximum Gasteiger partial charge on any atom is 0.181 e. The van der Waals surface area contributed by atoms with Crippen LogP contribution >= 0.6 is 0 Å². The molecule has 1 aliphatic rings. The summed E-state index contributed by atoms with van der Waals surface area (Å²) < 4.78 is 28.9. The number of ether oxygens (including phenoxy) is 1. The van der Waals surface area contributed by atoms with Gasteiger partial charge in [0.2, 0.25) is 0 Å². The van der Waals surface area contributed by atoms with Gasteiger partial charge in [-0.05, 0) is 37.1 Å². The summed E-state index contributed by atoms with van der Waals surface area (Å²) in [6.45, 7) is 0. The molecule has 0 saturated heterocycles. The number of rotatable bonds is 3. The predicted octanol–water partition coefficient (Wildman–Crippen LogP) is 2.02. The summed E-state index contributed by atoms with van der Waals surface area (Å²) in [6.07, 6.45) is 2.63. The van der Waals surface area contributed by atoms with Crippen molar-refractivity contribution in [3.8, 4) is 5.75 Å². The number of hydrogen-bond donors (Lipinski definition) is 0. The highest BCUT2D eigenvalue weighted by Crippen LogP contribution is 2.31. The Morgan fingerprint density at radius 1 is 1.20 bits per heavy atom. The van der Waals surface area contributed by atoms with Gasteiger partial charge in [0, 0.05) is 0 Å². The van der Waals surface area contributed by atoms with Crippen LogP contribution in [-0.2, 0) is 9.84 Å². The molecule has 4 heteroatoms. The monoisotopic (exact) mass is 226 g/mol. The molecule has 0 N–H and O–H groups in total. The van der Waals surface area contributed by atoms with E-state index in [9.17, 15) is 8.42 Å². The number of sulfone groups is 1. The number of methoxy groups -OCH3 is 1. The van der Waals surface area contributed by atoms with Crippen LogP contribution in [0.3, 0.4) is 0 Å². The van der Waals surface area contributed by atoms with E-state index in [1.807, 2.05) is 0 Å². The molecule has 1 saturated carbocycles. The highest BCUT2D eigenvalue weighted by Gasteiger charge is 2.32. The Kier molecular flexibility index (Phi) is 2.69. The zero-order valence-corrected chi connectivity index (χ0v) is 9.46. The molecule has 3 nitrogen and oxygen atoms in total. The molecule has 0 spiro atoms. The third kappa shape index (κ3) is 1.86. The van der Waals surface area contributed by atoms with Gasteiger partial charge in [0.15, 0.2) is 9.84 Å². The molecule has 0 amide bonds. The molecule has 1 aromatic carbocycles. The SMILES string of the molecule is COc1ccc(S(=O)(=O)C2CCC2)cc1. The van der Waals surface area contributed by atoms with E-state index in [-0.39, 0.29) is 5.25 Å². The summed E-state index contributed by atoms with van der Waals surface area (Å²) in [4.78, 5) is 0.410. The lowest BCUT2D eigenvalue weighted by Gasteiger charge is -2.25. The molecule has 0 unspecified atom stereocenters. The first-order valence-corrected chi connectivity index (χ1v) is 6.57. The average molecular weight is 226 g/mol. The van der Waals surface area contributed by atoms with E-state index in [1.165, 1.54) is 0 Å². The second-order valence-corrected chi connectivity index (χ2v) is 6.00. The third-order valence-electron chi connectivity index (χ3n) is 2.88. The summed E-state index contributed by atoms with van der Waals surface area (Å²) in [5.41, 5.74) is 0. The van der Waals surface area contributed by atoms with Gasteiger partial charge in [0.05, 0.1) is 17.3 Å². The van der Waals surface area contributed by atoms with Crippen molar-refractivity contribution in [1.29, 1.82) is 0 Å². The van der Waals surface area contributed by atoms with Crippen molar-refractivity contribution in [3.05, 3.63) is 24.3 Å². The van der Waals surface area contributed by atoms with E-state index in [1.54, 1.807) is 31.4 Å². The number of benzene rings is 1. The molecule has 1 aliphatic carbocycles. The van der Waals surface area contributed by atoms with Crippen LogP contribution in [0.2, 0.25) is 0 Å². The second kappa shape index (κ2) is 3.85. The van der Waals surface area contributed by atoms with Crippen molar-refractivity contribution in [1.82, 2.24) is 0 Å². The highest BCUT2D eigenvalue weighted by atomic mass is 32.2. The van der Waals surface area contributed by atoms with E-state index in [0.29, 0.717) is 10.6 Å². The summed E-state index contributed by atoms with van der Waals surface area (Å²) in [7, 11) is -1.52. The van der Waals surface area contributed by atoms with Crippen molar-refractivity contribution in [2.75, 3.05) is 7.11 Å². The second-order valence-electron chi connectivity index (χ2n) is 3.77. The molecular weight excluding hydrogens is 212 g/mol. The van der Waals surface area contributed by atoms with Gasteiger partial charge >= 0.3 is 0 Å². The molecule has 0 atom stereocenters.